The summed E-state index contributed by atoms with van der Waals surface area (Å²) in [5, 5.41) is 0. The fourth-order valence-electron chi connectivity index (χ4n) is 3.66. The van der Waals surface area contributed by atoms with Crippen LogP contribution in [0.15, 0.2) is 48.8 Å². The van der Waals surface area contributed by atoms with Crippen molar-refractivity contribution in [2.75, 3.05) is 31.1 Å². The number of rotatable bonds is 6. The molecule has 0 bridgehead atoms. The number of halogens is 1. The van der Waals surface area contributed by atoms with Crippen LogP contribution >= 0.6 is 0 Å². The number of amides is 3. The van der Waals surface area contributed by atoms with E-state index in [0.717, 1.165) is 0 Å². The van der Waals surface area contributed by atoms with Gasteiger partial charge in [0.15, 0.2) is 0 Å². The zero-order valence-electron chi connectivity index (χ0n) is 18.3. The lowest BCUT2D eigenvalue weighted by Crippen LogP contribution is -2.50. The van der Waals surface area contributed by atoms with Crippen LogP contribution in [-0.2, 0) is 9.59 Å². The summed E-state index contributed by atoms with van der Waals surface area (Å²) in [4.78, 5) is 44.6. The highest BCUT2D eigenvalue weighted by molar-refractivity contribution is 5.95. The van der Waals surface area contributed by atoms with Gasteiger partial charge in [0.1, 0.15) is 5.82 Å². The number of piperazine rings is 1. The maximum atomic E-state index is 14.0. The van der Waals surface area contributed by atoms with Gasteiger partial charge in [-0.05, 0) is 29.7 Å². The van der Waals surface area contributed by atoms with Crippen LogP contribution in [-0.4, -0.2) is 53.8 Å². The number of pyridine rings is 1. The van der Waals surface area contributed by atoms with Crippen molar-refractivity contribution in [2.45, 2.75) is 26.7 Å². The van der Waals surface area contributed by atoms with Crippen molar-refractivity contribution in [1.82, 2.24) is 20.7 Å². The van der Waals surface area contributed by atoms with Gasteiger partial charge in [0.2, 0.25) is 11.8 Å². The Morgan fingerprint density at radius 1 is 1.00 bits per heavy atom. The molecule has 1 aliphatic heterocycles. The number of nitrogens with zero attached hydrogens (tertiary/aromatic N) is 3. The number of anilines is 1. The summed E-state index contributed by atoms with van der Waals surface area (Å²) in [5.74, 6) is -1.16. The molecule has 1 fully saturated rings. The highest BCUT2D eigenvalue weighted by atomic mass is 19.1. The van der Waals surface area contributed by atoms with Gasteiger partial charge in [-0.25, -0.2) is 4.39 Å². The van der Waals surface area contributed by atoms with E-state index < -0.39 is 11.3 Å². The maximum Gasteiger partial charge on any atom is 0.271 e. The van der Waals surface area contributed by atoms with Gasteiger partial charge in [-0.15, -0.1) is 0 Å². The van der Waals surface area contributed by atoms with Crippen LogP contribution in [0, 0.1) is 11.2 Å². The summed E-state index contributed by atoms with van der Waals surface area (Å²) in [6.07, 6.45) is 3.21. The Morgan fingerprint density at radius 2 is 1.72 bits per heavy atom. The molecular formula is C23H28FN5O3. The fourth-order valence-corrected chi connectivity index (χ4v) is 3.66. The first kappa shape index (κ1) is 23.2. The van der Waals surface area contributed by atoms with E-state index in [9.17, 15) is 18.8 Å². The molecule has 1 aromatic carbocycles. The van der Waals surface area contributed by atoms with E-state index in [1.807, 2.05) is 18.7 Å². The quantitative estimate of drug-likeness (QED) is 0.670. The molecule has 2 N–H and O–H groups in total. The molecule has 1 aliphatic rings. The van der Waals surface area contributed by atoms with Crippen molar-refractivity contribution in [1.29, 1.82) is 0 Å². The van der Waals surface area contributed by atoms with E-state index in [0.29, 0.717) is 37.4 Å². The monoisotopic (exact) mass is 441 g/mol. The van der Waals surface area contributed by atoms with Crippen LogP contribution in [0.1, 0.15) is 37.0 Å². The predicted octanol–water partition coefficient (Wildman–Crippen LogP) is 2.14. The molecule has 0 spiro atoms. The van der Waals surface area contributed by atoms with Gasteiger partial charge in [0, 0.05) is 51.4 Å². The minimum absolute atomic E-state index is 0.0459. The third-order valence-electron chi connectivity index (χ3n) is 5.33. The van der Waals surface area contributed by atoms with Crippen LogP contribution in [0.4, 0.5) is 10.1 Å². The number of aromatic nitrogens is 1. The Labute approximate surface area is 186 Å². The normalized spacial score (nSPS) is 14.1. The number of benzene rings is 1. The van der Waals surface area contributed by atoms with Gasteiger partial charge in [-0.1, -0.05) is 26.0 Å². The molecule has 1 aromatic heterocycles. The zero-order valence-corrected chi connectivity index (χ0v) is 18.3. The molecule has 0 aliphatic carbocycles. The lowest BCUT2D eigenvalue weighted by atomic mass is 9.84. The zero-order chi connectivity index (χ0) is 23.1. The highest BCUT2D eigenvalue weighted by Crippen LogP contribution is 2.27. The Bertz CT molecular complexity index is 959. The molecule has 0 saturated carbocycles. The van der Waals surface area contributed by atoms with Crippen LogP contribution < -0.4 is 15.8 Å². The van der Waals surface area contributed by atoms with Crippen molar-refractivity contribution in [2.24, 2.45) is 5.41 Å². The number of nitrogens with one attached hydrogen (secondary N) is 2. The van der Waals surface area contributed by atoms with E-state index in [1.165, 1.54) is 12.3 Å². The predicted molar refractivity (Wildman–Crippen MR) is 118 cm³/mol. The lowest BCUT2D eigenvalue weighted by molar-refractivity contribution is -0.134. The average molecular weight is 442 g/mol. The summed E-state index contributed by atoms with van der Waals surface area (Å²) in [5.41, 5.74) is 5.02. The topological polar surface area (TPSA) is 94.6 Å². The van der Waals surface area contributed by atoms with E-state index in [2.05, 4.69) is 15.8 Å². The number of para-hydroxylation sites is 1. The molecule has 0 atom stereocenters. The maximum absolute atomic E-state index is 14.0. The minimum atomic E-state index is -0.594. The van der Waals surface area contributed by atoms with Crippen LogP contribution in [0.25, 0.3) is 0 Å². The van der Waals surface area contributed by atoms with Gasteiger partial charge in [-0.3, -0.25) is 30.2 Å². The second kappa shape index (κ2) is 10.2. The molecular weight excluding hydrogens is 413 g/mol. The van der Waals surface area contributed by atoms with Gasteiger partial charge in [-0.2, -0.15) is 0 Å². The van der Waals surface area contributed by atoms with E-state index in [4.69, 9.17) is 0 Å². The van der Waals surface area contributed by atoms with Crippen LogP contribution in [0.2, 0.25) is 0 Å². The smallest absolute Gasteiger partial charge is 0.271 e. The number of hydrogen-bond acceptors (Lipinski definition) is 5. The summed E-state index contributed by atoms with van der Waals surface area (Å²) in [6, 6.07) is 9.83. The summed E-state index contributed by atoms with van der Waals surface area (Å²) in [6.45, 7) is 5.77. The van der Waals surface area contributed by atoms with Crippen molar-refractivity contribution in [3.63, 3.8) is 0 Å². The largest absolute Gasteiger partial charge is 0.366 e. The molecule has 9 heteroatoms. The highest BCUT2D eigenvalue weighted by Gasteiger charge is 2.30. The molecule has 2 aromatic rings. The van der Waals surface area contributed by atoms with Gasteiger partial charge < -0.3 is 9.80 Å². The number of carbonyl (C=O) groups is 3. The van der Waals surface area contributed by atoms with Crippen molar-refractivity contribution in [3.8, 4) is 0 Å². The summed E-state index contributed by atoms with van der Waals surface area (Å²) < 4.78 is 14.0. The van der Waals surface area contributed by atoms with Gasteiger partial charge in [0.25, 0.3) is 5.91 Å². The molecule has 1 saturated heterocycles. The third kappa shape index (κ3) is 6.26. The summed E-state index contributed by atoms with van der Waals surface area (Å²) in [7, 11) is 0. The number of carbonyl (C=O) groups excluding carboxylic acids is 3. The Balaban J connectivity index is 1.44. The third-order valence-corrected chi connectivity index (χ3v) is 5.33. The molecule has 3 amide bonds. The molecule has 170 valence electrons. The van der Waals surface area contributed by atoms with E-state index >= 15 is 0 Å². The van der Waals surface area contributed by atoms with Crippen molar-refractivity contribution >= 4 is 23.4 Å². The van der Waals surface area contributed by atoms with Crippen molar-refractivity contribution < 1.29 is 18.8 Å². The minimum Gasteiger partial charge on any atom is -0.366 e. The first-order chi connectivity index (χ1) is 15.2. The molecule has 8 nitrogen and oxygen atoms in total. The fraction of sp³-hybridized carbons (Fsp3) is 0.391. The standard InChI is InChI=1S/C23H28FN5O3/c1-23(2,14-20(30)26-27-22(32)17-6-5-9-25-16-17)15-21(31)29-12-10-28(11-13-29)19-8-4-3-7-18(19)24/h3-9,16H,10-15H2,1-2H3,(H,26,30)(H,27,32). The first-order valence-corrected chi connectivity index (χ1v) is 10.5. The SMILES string of the molecule is CC(C)(CC(=O)NNC(=O)c1cccnc1)CC(=O)N1CCN(c2ccccc2F)CC1. The summed E-state index contributed by atoms with van der Waals surface area (Å²) >= 11 is 0. The van der Waals surface area contributed by atoms with Crippen molar-refractivity contribution in [3.05, 3.63) is 60.2 Å². The van der Waals surface area contributed by atoms with Crippen LogP contribution in [0.3, 0.4) is 0 Å². The van der Waals surface area contributed by atoms with Crippen LogP contribution in [0.5, 0.6) is 0 Å². The van der Waals surface area contributed by atoms with E-state index in [-0.39, 0.29) is 30.5 Å². The number of hydrogen-bond donors (Lipinski definition) is 2. The average Bonchev–Trinajstić information content (AvgIpc) is 2.78. The second-order valence-electron chi connectivity index (χ2n) is 8.58. The van der Waals surface area contributed by atoms with Gasteiger partial charge in [0.05, 0.1) is 11.3 Å². The Kier molecular flexibility index (Phi) is 7.40. The first-order valence-electron chi connectivity index (χ1n) is 10.5. The molecule has 2 heterocycles. The molecule has 0 radical (unpaired) electrons. The van der Waals surface area contributed by atoms with E-state index in [1.54, 1.807) is 41.4 Å². The number of hydrazine groups is 1. The Morgan fingerprint density at radius 3 is 2.38 bits per heavy atom. The van der Waals surface area contributed by atoms with Gasteiger partial charge >= 0.3 is 0 Å². The molecule has 0 unspecified atom stereocenters. The lowest BCUT2D eigenvalue weighted by Gasteiger charge is -2.37. The second-order valence-corrected chi connectivity index (χ2v) is 8.58. The molecule has 32 heavy (non-hydrogen) atoms. The molecule has 3 rings (SSSR count). The Hall–Kier alpha value is -3.49.